The third kappa shape index (κ3) is 1.39. The molecule has 5 heteroatoms. The van der Waals surface area contributed by atoms with Gasteiger partial charge in [-0.2, -0.15) is 0 Å². The standard InChI is InChI=1S/C17H24O5/c1-8-10-5-15(3,4)6-11(10)13(22-9(2)18)16-7-21-14(19)17(16,20)12(8)16/h8,10-13,20H,5-7H2,1-4H3/t8-,10?,11?,12-,13+,16-,17+/m1/s1. The molecular formula is C17H24O5. The Hall–Kier alpha value is -1.10. The Kier molecular flexibility index (Phi) is 2.54. The molecular weight excluding hydrogens is 284 g/mol. The predicted octanol–water partition coefficient (Wildman–Crippen LogP) is 1.52. The predicted molar refractivity (Wildman–Crippen MR) is 76.5 cm³/mol. The Balaban J connectivity index is 1.79. The summed E-state index contributed by atoms with van der Waals surface area (Å²) in [6.45, 7) is 8.21. The van der Waals surface area contributed by atoms with Crippen LogP contribution in [0.4, 0.5) is 0 Å². The Morgan fingerprint density at radius 1 is 1.32 bits per heavy atom. The van der Waals surface area contributed by atoms with E-state index in [1.54, 1.807) is 0 Å². The van der Waals surface area contributed by atoms with E-state index in [0.717, 1.165) is 12.8 Å². The first-order valence-electron chi connectivity index (χ1n) is 8.22. The van der Waals surface area contributed by atoms with Crippen LogP contribution >= 0.6 is 0 Å². The lowest BCUT2D eigenvalue weighted by Gasteiger charge is -2.41. The van der Waals surface area contributed by atoms with E-state index in [-0.39, 0.29) is 35.7 Å². The fraction of sp³-hybridized carbons (Fsp3) is 0.882. The van der Waals surface area contributed by atoms with E-state index < -0.39 is 23.1 Å². The summed E-state index contributed by atoms with van der Waals surface area (Å²) in [6.07, 6.45) is 1.60. The molecule has 0 radical (unpaired) electrons. The molecule has 4 aliphatic rings. The number of aliphatic hydroxyl groups is 1. The van der Waals surface area contributed by atoms with Crippen LogP contribution in [-0.2, 0) is 19.1 Å². The van der Waals surface area contributed by atoms with Crippen molar-refractivity contribution in [3.63, 3.8) is 0 Å². The van der Waals surface area contributed by atoms with E-state index in [9.17, 15) is 14.7 Å². The zero-order valence-corrected chi connectivity index (χ0v) is 13.6. The van der Waals surface area contributed by atoms with Crippen LogP contribution in [0.1, 0.15) is 40.5 Å². The van der Waals surface area contributed by atoms with Gasteiger partial charge in [0.15, 0.2) is 5.60 Å². The summed E-state index contributed by atoms with van der Waals surface area (Å²) in [4.78, 5) is 23.8. The smallest absolute Gasteiger partial charge is 0.339 e. The highest BCUT2D eigenvalue weighted by Crippen LogP contribution is 2.78. The molecule has 7 atom stereocenters. The minimum Gasteiger partial charge on any atom is -0.463 e. The average Bonchev–Trinajstić information content (AvgIpc) is 2.64. The van der Waals surface area contributed by atoms with Crippen molar-refractivity contribution in [2.75, 3.05) is 6.61 Å². The monoisotopic (exact) mass is 308 g/mol. The molecule has 0 aromatic carbocycles. The van der Waals surface area contributed by atoms with Crippen molar-refractivity contribution in [1.29, 1.82) is 0 Å². The van der Waals surface area contributed by atoms with Gasteiger partial charge in [-0.05, 0) is 30.1 Å². The quantitative estimate of drug-likeness (QED) is 0.744. The molecule has 0 amide bonds. The zero-order chi connectivity index (χ0) is 16.1. The number of esters is 2. The Bertz CT molecular complexity index is 569. The maximum absolute atomic E-state index is 12.1. The van der Waals surface area contributed by atoms with Gasteiger partial charge in [-0.1, -0.05) is 20.8 Å². The molecule has 1 saturated heterocycles. The van der Waals surface area contributed by atoms with Crippen LogP contribution in [0.25, 0.3) is 0 Å². The molecule has 0 aromatic heterocycles. The lowest BCUT2D eigenvalue weighted by molar-refractivity contribution is -0.162. The van der Waals surface area contributed by atoms with Gasteiger partial charge in [-0.3, -0.25) is 4.79 Å². The Morgan fingerprint density at radius 2 is 1.95 bits per heavy atom. The van der Waals surface area contributed by atoms with Gasteiger partial charge in [-0.15, -0.1) is 0 Å². The first-order valence-corrected chi connectivity index (χ1v) is 8.22. The van der Waals surface area contributed by atoms with Crippen LogP contribution < -0.4 is 0 Å². The minimum absolute atomic E-state index is 0.138. The lowest BCUT2D eigenvalue weighted by atomic mass is 9.68. The highest BCUT2D eigenvalue weighted by Gasteiger charge is 2.92. The molecule has 0 bridgehead atoms. The number of carbonyl (C=O) groups is 2. The zero-order valence-electron chi connectivity index (χ0n) is 13.6. The second-order valence-electron chi connectivity index (χ2n) is 8.65. The van der Waals surface area contributed by atoms with Gasteiger partial charge in [0.1, 0.15) is 12.7 Å². The van der Waals surface area contributed by atoms with Gasteiger partial charge >= 0.3 is 11.9 Å². The summed E-state index contributed by atoms with van der Waals surface area (Å²) in [5.41, 5.74) is -1.95. The van der Waals surface area contributed by atoms with Crippen LogP contribution in [0.3, 0.4) is 0 Å². The molecule has 1 heterocycles. The largest absolute Gasteiger partial charge is 0.463 e. The summed E-state index contributed by atoms with van der Waals surface area (Å²) in [5, 5.41) is 11.0. The lowest BCUT2D eigenvalue weighted by Crippen LogP contribution is -2.46. The number of ether oxygens (including phenoxy) is 2. The molecule has 3 saturated carbocycles. The van der Waals surface area contributed by atoms with E-state index in [4.69, 9.17) is 9.47 Å². The first kappa shape index (κ1) is 14.5. The van der Waals surface area contributed by atoms with Crippen LogP contribution in [0, 0.1) is 34.5 Å². The number of rotatable bonds is 1. The number of cyclic esters (lactones) is 1. The molecule has 2 unspecified atom stereocenters. The molecule has 4 fully saturated rings. The molecule has 3 aliphatic carbocycles. The fourth-order valence-corrected chi connectivity index (χ4v) is 6.28. The van der Waals surface area contributed by atoms with Crippen molar-refractivity contribution in [3.8, 4) is 0 Å². The van der Waals surface area contributed by atoms with Gasteiger partial charge < -0.3 is 14.6 Å². The van der Waals surface area contributed by atoms with Crippen molar-refractivity contribution >= 4 is 11.9 Å². The van der Waals surface area contributed by atoms with E-state index >= 15 is 0 Å². The molecule has 122 valence electrons. The minimum atomic E-state index is -1.44. The van der Waals surface area contributed by atoms with Crippen molar-refractivity contribution < 1.29 is 24.2 Å². The van der Waals surface area contributed by atoms with Gasteiger partial charge in [0.2, 0.25) is 0 Å². The maximum atomic E-state index is 12.1. The molecule has 1 N–H and O–H groups in total. The van der Waals surface area contributed by atoms with Crippen LogP contribution in [0.15, 0.2) is 0 Å². The number of hydrogen-bond donors (Lipinski definition) is 1. The van der Waals surface area contributed by atoms with Gasteiger partial charge in [0, 0.05) is 18.8 Å². The van der Waals surface area contributed by atoms with E-state index in [0.29, 0.717) is 5.92 Å². The van der Waals surface area contributed by atoms with E-state index in [1.165, 1.54) is 6.92 Å². The summed E-state index contributed by atoms with van der Waals surface area (Å²) >= 11 is 0. The highest BCUT2D eigenvalue weighted by atomic mass is 16.6. The van der Waals surface area contributed by atoms with Gasteiger partial charge in [0.05, 0.1) is 5.41 Å². The van der Waals surface area contributed by atoms with Crippen LogP contribution in [-0.4, -0.2) is 35.4 Å². The summed E-state index contributed by atoms with van der Waals surface area (Å²) in [5.74, 6) is -0.172. The summed E-state index contributed by atoms with van der Waals surface area (Å²) in [6, 6.07) is 0. The molecule has 4 rings (SSSR count). The first-order chi connectivity index (χ1) is 10.1. The number of hydrogen-bond acceptors (Lipinski definition) is 5. The average molecular weight is 308 g/mol. The van der Waals surface area contributed by atoms with Crippen molar-refractivity contribution in [3.05, 3.63) is 0 Å². The van der Waals surface area contributed by atoms with E-state index in [2.05, 4.69) is 20.8 Å². The van der Waals surface area contributed by atoms with Crippen molar-refractivity contribution in [2.45, 2.75) is 52.2 Å². The number of fused-ring (bicyclic) bond motifs is 2. The fourth-order valence-electron chi connectivity index (χ4n) is 6.28. The normalized spacial score (nSPS) is 54.0. The van der Waals surface area contributed by atoms with E-state index in [1.807, 2.05) is 0 Å². The van der Waals surface area contributed by atoms with Gasteiger partial charge in [0.25, 0.3) is 0 Å². The second-order valence-corrected chi connectivity index (χ2v) is 8.65. The SMILES string of the molecule is CC(=O)O[C@H]1C2CC(C)(C)CC2[C@@H](C)[C@@H]2[C@]13COC(=O)[C@@]23O. The van der Waals surface area contributed by atoms with Crippen molar-refractivity contribution in [2.24, 2.45) is 34.5 Å². The second kappa shape index (κ2) is 3.86. The Morgan fingerprint density at radius 3 is 2.59 bits per heavy atom. The summed E-state index contributed by atoms with van der Waals surface area (Å²) < 4.78 is 10.8. The van der Waals surface area contributed by atoms with Crippen LogP contribution in [0.5, 0.6) is 0 Å². The maximum Gasteiger partial charge on any atom is 0.339 e. The number of carbonyl (C=O) groups excluding carboxylic acids is 2. The molecule has 1 aliphatic heterocycles. The topological polar surface area (TPSA) is 72.8 Å². The third-order valence-electron chi connectivity index (χ3n) is 6.90. The third-order valence-corrected chi connectivity index (χ3v) is 6.90. The summed E-state index contributed by atoms with van der Waals surface area (Å²) in [7, 11) is 0. The highest BCUT2D eigenvalue weighted by molar-refractivity contribution is 5.89. The Labute approximate surface area is 130 Å². The molecule has 5 nitrogen and oxygen atoms in total. The van der Waals surface area contributed by atoms with Crippen molar-refractivity contribution in [1.82, 2.24) is 0 Å². The van der Waals surface area contributed by atoms with Crippen LogP contribution in [0.2, 0.25) is 0 Å². The molecule has 22 heavy (non-hydrogen) atoms. The van der Waals surface area contributed by atoms with Gasteiger partial charge in [-0.25, -0.2) is 4.79 Å². The molecule has 0 aromatic rings. The molecule has 1 spiro atoms.